The number of carbonyl (C=O) groups excluding carboxylic acids is 2. The van der Waals surface area contributed by atoms with Gasteiger partial charge >= 0.3 is 0 Å². The van der Waals surface area contributed by atoms with Crippen LogP contribution in [0.25, 0.3) is 0 Å². The maximum atomic E-state index is 13.7. The summed E-state index contributed by atoms with van der Waals surface area (Å²) in [5.41, 5.74) is 1.11. The monoisotopic (exact) mass is 425 g/mol. The number of nitrogens with zero attached hydrogens (tertiary/aromatic N) is 2. The SMILES string of the molecule is C#CCN(Cc1ccc(F)cc1)C(=O)Cc1csc(NC(=O)c2ccccc2F)n1. The van der Waals surface area contributed by atoms with Gasteiger partial charge < -0.3 is 4.90 Å². The third-order valence-corrected chi connectivity index (χ3v) is 4.95. The zero-order valence-electron chi connectivity index (χ0n) is 15.8. The summed E-state index contributed by atoms with van der Waals surface area (Å²) in [6.45, 7) is 0.335. The first kappa shape index (κ1) is 21.1. The first-order chi connectivity index (χ1) is 14.5. The molecule has 8 heteroatoms. The lowest BCUT2D eigenvalue weighted by molar-refractivity contribution is -0.130. The smallest absolute Gasteiger partial charge is 0.260 e. The van der Waals surface area contributed by atoms with Crippen molar-refractivity contribution in [1.29, 1.82) is 0 Å². The van der Waals surface area contributed by atoms with Crippen LogP contribution in [-0.2, 0) is 17.8 Å². The third-order valence-electron chi connectivity index (χ3n) is 4.14. The van der Waals surface area contributed by atoms with Crippen LogP contribution >= 0.6 is 11.3 Å². The second kappa shape index (κ2) is 9.76. The number of halogens is 2. The molecule has 30 heavy (non-hydrogen) atoms. The van der Waals surface area contributed by atoms with Gasteiger partial charge in [0.15, 0.2) is 5.13 Å². The number of terminal acetylenes is 1. The Bertz CT molecular complexity index is 1090. The standard InChI is InChI=1S/C22H17F2N3O2S/c1-2-11-27(13-15-7-9-16(23)10-8-15)20(28)12-17-14-30-22(25-17)26-21(29)18-5-3-4-6-19(18)24/h1,3-10,14H,11-13H2,(H,25,26,29). The van der Waals surface area contributed by atoms with E-state index in [1.54, 1.807) is 23.6 Å². The maximum Gasteiger partial charge on any atom is 0.260 e. The molecule has 1 heterocycles. The lowest BCUT2D eigenvalue weighted by Gasteiger charge is -2.20. The van der Waals surface area contributed by atoms with Gasteiger partial charge in [-0.2, -0.15) is 0 Å². The minimum absolute atomic E-state index is 0.0189. The topological polar surface area (TPSA) is 62.3 Å². The van der Waals surface area contributed by atoms with Crippen molar-refractivity contribution >= 4 is 28.3 Å². The first-order valence-corrected chi connectivity index (χ1v) is 9.80. The Morgan fingerprint density at radius 3 is 2.57 bits per heavy atom. The molecule has 0 atom stereocenters. The highest BCUT2D eigenvalue weighted by atomic mass is 32.1. The predicted octanol–water partition coefficient (Wildman–Crippen LogP) is 3.88. The average molecular weight is 425 g/mol. The number of rotatable bonds is 7. The van der Waals surface area contributed by atoms with Crippen molar-refractivity contribution in [3.8, 4) is 12.3 Å². The van der Waals surface area contributed by atoms with Crippen LogP contribution in [0.1, 0.15) is 21.6 Å². The van der Waals surface area contributed by atoms with Crippen LogP contribution in [0.3, 0.4) is 0 Å². The highest BCUT2D eigenvalue weighted by Gasteiger charge is 2.17. The average Bonchev–Trinajstić information content (AvgIpc) is 3.16. The van der Waals surface area contributed by atoms with Gasteiger partial charge in [-0.3, -0.25) is 14.9 Å². The predicted molar refractivity (Wildman–Crippen MR) is 111 cm³/mol. The summed E-state index contributed by atoms with van der Waals surface area (Å²) in [5, 5.41) is 4.43. The van der Waals surface area contributed by atoms with Crippen LogP contribution in [0, 0.1) is 24.0 Å². The molecule has 2 amide bonds. The van der Waals surface area contributed by atoms with Gasteiger partial charge in [0.1, 0.15) is 11.6 Å². The Balaban J connectivity index is 1.63. The molecule has 0 aliphatic carbocycles. The van der Waals surface area contributed by atoms with E-state index in [1.807, 2.05) is 0 Å². The van der Waals surface area contributed by atoms with Gasteiger partial charge in [0.05, 0.1) is 24.2 Å². The quantitative estimate of drug-likeness (QED) is 0.585. The van der Waals surface area contributed by atoms with E-state index in [4.69, 9.17) is 6.42 Å². The Labute approximate surface area is 176 Å². The molecule has 0 fully saturated rings. The molecule has 0 spiro atoms. The van der Waals surface area contributed by atoms with E-state index in [0.717, 1.165) is 16.9 Å². The second-order valence-electron chi connectivity index (χ2n) is 6.34. The summed E-state index contributed by atoms with van der Waals surface area (Å²) in [6, 6.07) is 11.4. The second-order valence-corrected chi connectivity index (χ2v) is 7.19. The van der Waals surface area contributed by atoms with E-state index in [2.05, 4.69) is 16.2 Å². The number of amides is 2. The molecule has 0 aliphatic heterocycles. The fraction of sp³-hybridized carbons (Fsp3) is 0.136. The molecule has 0 bridgehead atoms. The summed E-state index contributed by atoms with van der Waals surface area (Å²) >= 11 is 1.13. The van der Waals surface area contributed by atoms with Crippen molar-refractivity contribution in [3.05, 3.63) is 82.4 Å². The van der Waals surface area contributed by atoms with E-state index in [-0.39, 0.29) is 41.9 Å². The molecule has 0 unspecified atom stereocenters. The molecule has 152 valence electrons. The molecule has 5 nitrogen and oxygen atoms in total. The number of aromatic nitrogens is 1. The molecule has 2 aromatic carbocycles. The number of hydrogen-bond donors (Lipinski definition) is 1. The summed E-state index contributed by atoms with van der Waals surface area (Å²) in [4.78, 5) is 30.5. The molecule has 0 radical (unpaired) electrons. The van der Waals surface area contributed by atoms with Gasteiger partial charge in [-0.15, -0.1) is 17.8 Å². The summed E-state index contributed by atoms with van der Waals surface area (Å²) in [5.74, 6) is 0.575. The minimum atomic E-state index is -0.632. The Hall–Kier alpha value is -3.57. The van der Waals surface area contributed by atoms with Crippen LogP contribution in [0.2, 0.25) is 0 Å². The van der Waals surface area contributed by atoms with E-state index in [1.165, 1.54) is 35.2 Å². The van der Waals surface area contributed by atoms with Gasteiger partial charge in [-0.25, -0.2) is 13.8 Å². The molecule has 3 aromatic rings. The van der Waals surface area contributed by atoms with Gasteiger partial charge in [-0.05, 0) is 29.8 Å². The highest BCUT2D eigenvalue weighted by molar-refractivity contribution is 7.14. The molecule has 0 saturated heterocycles. The summed E-state index contributed by atoms with van der Waals surface area (Å²) < 4.78 is 26.8. The van der Waals surface area contributed by atoms with Crippen LogP contribution < -0.4 is 5.32 Å². The zero-order chi connectivity index (χ0) is 21.5. The maximum absolute atomic E-state index is 13.7. The van der Waals surface area contributed by atoms with Crippen LogP contribution in [0.5, 0.6) is 0 Å². The molecular weight excluding hydrogens is 408 g/mol. The van der Waals surface area contributed by atoms with E-state index >= 15 is 0 Å². The Morgan fingerprint density at radius 1 is 1.13 bits per heavy atom. The number of carbonyl (C=O) groups is 2. The Morgan fingerprint density at radius 2 is 1.87 bits per heavy atom. The van der Waals surface area contributed by atoms with Crippen LogP contribution in [-0.4, -0.2) is 28.2 Å². The molecule has 0 saturated carbocycles. The lowest BCUT2D eigenvalue weighted by atomic mass is 10.2. The largest absolute Gasteiger partial charge is 0.327 e. The fourth-order valence-corrected chi connectivity index (χ4v) is 3.38. The summed E-state index contributed by atoms with van der Waals surface area (Å²) in [6.07, 6.45) is 5.35. The van der Waals surface area contributed by atoms with Crippen molar-refractivity contribution in [2.45, 2.75) is 13.0 Å². The zero-order valence-corrected chi connectivity index (χ0v) is 16.6. The number of anilines is 1. The van der Waals surface area contributed by atoms with E-state index in [9.17, 15) is 18.4 Å². The van der Waals surface area contributed by atoms with Crippen molar-refractivity contribution in [2.75, 3.05) is 11.9 Å². The van der Waals surface area contributed by atoms with Crippen LogP contribution in [0.15, 0.2) is 53.9 Å². The van der Waals surface area contributed by atoms with Crippen molar-refractivity contribution in [1.82, 2.24) is 9.88 Å². The van der Waals surface area contributed by atoms with Crippen LogP contribution in [0.4, 0.5) is 13.9 Å². The number of benzene rings is 2. The minimum Gasteiger partial charge on any atom is -0.327 e. The number of thiazole rings is 1. The van der Waals surface area contributed by atoms with E-state index in [0.29, 0.717) is 5.69 Å². The molecular formula is C22H17F2N3O2S. The van der Waals surface area contributed by atoms with Crippen molar-refractivity contribution in [3.63, 3.8) is 0 Å². The van der Waals surface area contributed by atoms with E-state index < -0.39 is 11.7 Å². The first-order valence-electron chi connectivity index (χ1n) is 8.92. The van der Waals surface area contributed by atoms with Gasteiger partial charge in [0, 0.05) is 11.9 Å². The van der Waals surface area contributed by atoms with Gasteiger partial charge in [0.2, 0.25) is 5.91 Å². The van der Waals surface area contributed by atoms with Crippen molar-refractivity contribution < 1.29 is 18.4 Å². The third kappa shape index (κ3) is 5.49. The normalized spacial score (nSPS) is 10.3. The molecule has 0 aliphatic rings. The van der Waals surface area contributed by atoms with Gasteiger partial charge in [-0.1, -0.05) is 30.2 Å². The molecule has 1 N–H and O–H groups in total. The van der Waals surface area contributed by atoms with Gasteiger partial charge in [0.25, 0.3) is 5.91 Å². The van der Waals surface area contributed by atoms with Crippen molar-refractivity contribution in [2.24, 2.45) is 0 Å². The lowest BCUT2D eigenvalue weighted by Crippen LogP contribution is -2.32. The Kier molecular flexibility index (Phi) is 6.88. The number of hydrogen-bond acceptors (Lipinski definition) is 4. The highest BCUT2D eigenvalue weighted by Crippen LogP contribution is 2.19. The molecule has 1 aromatic heterocycles. The number of nitrogens with one attached hydrogen (secondary N) is 1. The summed E-state index contributed by atoms with van der Waals surface area (Å²) in [7, 11) is 0. The fourth-order valence-electron chi connectivity index (χ4n) is 2.67. The molecule has 3 rings (SSSR count).